The fourth-order valence-corrected chi connectivity index (χ4v) is 4.92. The Morgan fingerprint density at radius 2 is 1.95 bits per heavy atom. The van der Waals surface area contributed by atoms with Gasteiger partial charge in [0.1, 0.15) is 0 Å². The van der Waals surface area contributed by atoms with E-state index in [-0.39, 0.29) is 5.54 Å². The molecule has 1 fully saturated rings. The molecule has 1 saturated carbocycles. The van der Waals surface area contributed by atoms with Crippen LogP contribution in [-0.2, 0) is 11.8 Å². The second kappa shape index (κ2) is 4.59. The van der Waals surface area contributed by atoms with Crippen molar-refractivity contribution in [2.75, 3.05) is 0 Å². The van der Waals surface area contributed by atoms with E-state index in [2.05, 4.69) is 45.9 Å². The summed E-state index contributed by atoms with van der Waals surface area (Å²) in [5.41, 5.74) is 11.6. The third kappa shape index (κ3) is 2.02. The van der Waals surface area contributed by atoms with E-state index >= 15 is 0 Å². The van der Waals surface area contributed by atoms with E-state index in [0.29, 0.717) is 17.3 Å². The van der Waals surface area contributed by atoms with E-state index in [0.717, 1.165) is 0 Å². The number of fused-ring (bicyclic) bond motifs is 3. The molecule has 1 aromatic carbocycles. The predicted molar refractivity (Wildman–Crippen MR) is 86.1 cm³/mol. The van der Waals surface area contributed by atoms with Gasteiger partial charge in [-0.05, 0) is 66.5 Å². The number of hydrogen-bond acceptors (Lipinski definition) is 1. The Morgan fingerprint density at radius 3 is 2.65 bits per heavy atom. The van der Waals surface area contributed by atoms with Crippen molar-refractivity contribution < 1.29 is 0 Å². The quantitative estimate of drug-likeness (QED) is 0.798. The molecular formula is C19H29N. The van der Waals surface area contributed by atoms with Crippen LogP contribution in [0.1, 0.15) is 76.0 Å². The lowest BCUT2D eigenvalue weighted by Crippen LogP contribution is -2.57. The van der Waals surface area contributed by atoms with Crippen LogP contribution in [0.25, 0.3) is 0 Å². The molecule has 0 heterocycles. The normalized spacial score (nSPS) is 36.6. The van der Waals surface area contributed by atoms with Gasteiger partial charge in [0, 0.05) is 5.54 Å². The number of rotatable bonds is 1. The third-order valence-electron chi connectivity index (χ3n) is 6.09. The van der Waals surface area contributed by atoms with Crippen molar-refractivity contribution in [3.63, 3.8) is 0 Å². The van der Waals surface area contributed by atoms with E-state index in [1.165, 1.54) is 37.7 Å². The molecule has 3 atom stereocenters. The maximum atomic E-state index is 6.65. The summed E-state index contributed by atoms with van der Waals surface area (Å²) in [6.07, 6.45) is 6.23. The SMILES string of the molecule is CC(C)c1ccc2c(c1)CCC1C(C)(N)CCCC21C. The zero-order valence-corrected chi connectivity index (χ0v) is 13.5. The first kappa shape index (κ1) is 14.1. The molecule has 110 valence electrons. The monoisotopic (exact) mass is 271 g/mol. The van der Waals surface area contributed by atoms with Crippen LogP contribution in [0.3, 0.4) is 0 Å². The summed E-state index contributed by atoms with van der Waals surface area (Å²) < 4.78 is 0. The van der Waals surface area contributed by atoms with E-state index in [4.69, 9.17) is 5.73 Å². The fraction of sp³-hybridized carbons (Fsp3) is 0.684. The van der Waals surface area contributed by atoms with Crippen molar-refractivity contribution in [3.05, 3.63) is 34.9 Å². The lowest BCUT2D eigenvalue weighted by molar-refractivity contribution is 0.0907. The topological polar surface area (TPSA) is 26.0 Å². The van der Waals surface area contributed by atoms with Crippen LogP contribution in [-0.4, -0.2) is 5.54 Å². The molecule has 0 radical (unpaired) electrons. The van der Waals surface area contributed by atoms with E-state index < -0.39 is 0 Å². The summed E-state index contributed by atoms with van der Waals surface area (Å²) in [6.45, 7) is 9.32. The summed E-state index contributed by atoms with van der Waals surface area (Å²) in [5.74, 6) is 1.26. The average Bonchev–Trinajstić information content (AvgIpc) is 2.37. The van der Waals surface area contributed by atoms with Crippen molar-refractivity contribution in [3.8, 4) is 0 Å². The zero-order valence-electron chi connectivity index (χ0n) is 13.5. The molecule has 0 amide bonds. The minimum absolute atomic E-state index is 0.0153. The van der Waals surface area contributed by atoms with Crippen LogP contribution in [0, 0.1) is 5.92 Å². The van der Waals surface area contributed by atoms with Gasteiger partial charge in [0.05, 0.1) is 0 Å². The van der Waals surface area contributed by atoms with Gasteiger partial charge in [-0.15, -0.1) is 0 Å². The van der Waals surface area contributed by atoms with Gasteiger partial charge in [-0.2, -0.15) is 0 Å². The van der Waals surface area contributed by atoms with Crippen molar-refractivity contribution in [1.29, 1.82) is 0 Å². The molecule has 0 bridgehead atoms. The van der Waals surface area contributed by atoms with Crippen LogP contribution >= 0.6 is 0 Å². The van der Waals surface area contributed by atoms with Crippen LogP contribution in [0.15, 0.2) is 18.2 Å². The van der Waals surface area contributed by atoms with Crippen molar-refractivity contribution >= 4 is 0 Å². The summed E-state index contributed by atoms with van der Waals surface area (Å²) in [4.78, 5) is 0. The molecule has 0 aliphatic heterocycles. The molecule has 0 aromatic heterocycles. The van der Waals surface area contributed by atoms with Gasteiger partial charge in [0.15, 0.2) is 0 Å². The zero-order chi connectivity index (χ0) is 14.5. The molecule has 0 spiro atoms. The summed E-state index contributed by atoms with van der Waals surface area (Å²) in [6, 6.07) is 7.22. The summed E-state index contributed by atoms with van der Waals surface area (Å²) in [7, 11) is 0. The van der Waals surface area contributed by atoms with Gasteiger partial charge >= 0.3 is 0 Å². The van der Waals surface area contributed by atoms with Gasteiger partial charge in [-0.1, -0.05) is 45.4 Å². The molecule has 3 unspecified atom stereocenters. The molecule has 1 heteroatoms. The minimum atomic E-state index is 0.0153. The van der Waals surface area contributed by atoms with Crippen LogP contribution in [0.2, 0.25) is 0 Å². The number of aryl methyl sites for hydroxylation is 1. The molecule has 2 N–H and O–H groups in total. The highest BCUT2D eigenvalue weighted by Crippen LogP contribution is 2.52. The van der Waals surface area contributed by atoms with Crippen LogP contribution in [0.4, 0.5) is 0 Å². The maximum Gasteiger partial charge on any atom is 0.0162 e. The minimum Gasteiger partial charge on any atom is -0.325 e. The highest BCUT2D eigenvalue weighted by Gasteiger charge is 2.49. The predicted octanol–water partition coefficient (Wildman–Crippen LogP) is 4.53. The number of nitrogens with two attached hydrogens (primary N) is 1. The van der Waals surface area contributed by atoms with Crippen molar-refractivity contribution in [1.82, 2.24) is 0 Å². The first-order valence-corrected chi connectivity index (χ1v) is 8.27. The molecule has 2 aliphatic rings. The molecular weight excluding hydrogens is 242 g/mol. The van der Waals surface area contributed by atoms with E-state index in [9.17, 15) is 0 Å². The Balaban J connectivity index is 2.06. The largest absolute Gasteiger partial charge is 0.325 e. The fourth-order valence-electron chi connectivity index (χ4n) is 4.92. The van der Waals surface area contributed by atoms with Crippen LogP contribution in [0.5, 0.6) is 0 Å². The van der Waals surface area contributed by atoms with Gasteiger partial charge in [0.25, 0.3) is 0 Å². The Hall–Kier alpha value is -0.820. The first-order chi connectivity index (χ1) is 9.34. The first-order valence-electron chi connectivity index (χ1n) is 8.27. The molecule has 20 heavy (non-hydrogen) atoms. The summed E-state index contributed by atoms with van der Waals surface area (Å²) in [5, 5.41) is 0. The van der Waals surface area contributed by atoms with Crippen molar-refractivity contribution in [2.24, 2.45) is 11.7 Å². The third-order valence-corrected chi connectivity index (χ3v) is 6.09. The second-order valence-corrected chi connectivity index (χ2v) is 7.94. The number of hydrogen-bond donors (Lipinski definition) is 1. The average molecular weight is 271 g/mol. The van der Waals surface area contributed by atoms with Gasteiger partial charge in [0.2, 0.25) is 0 Å². The Labute approximate surface area is 124 Å². The van der Waals surface area contributed by atoms with E-state index in [1.54, 1.807) is 11.1 Å². The van der Waals surface area contributed by atoms with Gasteiger partial charge < -0.3 is 5.73 Å². The molecule has 1 nitrogen and oxygen atoms in total. The highest BCUT2D eigenvalue weighted by atomic mass is 14.8. The van der Waals surface area contributed by atoms with Crippen LogP contribution < -0.4 is 5.73 Å². The Bertz CT molecular complexity index is 514. The lowest BCUT2D eigenvalue weighted by Gasteiger charge is -2.54. The lowest BCUT2D eigenvalue weighted by atomic mass is 9.53. The summed E-state index contributed by atoms with van der Waals surface area (Å²) >= 11 is 0. The van der Waals surface area contributed by atoms with Gasteiger partial charge in [-0.3, -0.25) is 0 Å². The molecule has 0 saturated heterocycles. The highest BCUT2D eigenvalue weighted by molar-refractivity contribution is 5.42. The standard InChI is InChI=1S/C19H29N/c1-13(2)14-6-8-16-15(12-14)7-9-17-18(16,3)10-5-11-19(17,4)20/h6,8,12-13,17H,5,7,9-11,20H2,1-4H3. The van der Waals surface area contributed by atoms with Gasteiger partial charge in [-0.25, -0.2) is 0 Å². The Morgan fingerprint density at radius 1 is 1.20 bits per heavy atom. The number of benzene rings is 1. The van der Waals surface area contributed by atoms with Crippen molar-refractivity contribution in [2.45, 2.75) is 76.7 Å². The maximum absolute atomic E-state index is 6.65. The molecule has 3 rings (SSSR count). The van der Waals surface area contributed by atoms with E-state index in [1.807, 2.05) is 0 Å². The molecule has 1 aromatic rings. The molecule has 2 aliphatic carbocycles. The Kier molecular flexibility index (Phi) is 3.25. The second-order valence-electron chi connectivity index (χ2n) is 7.94. The smallest absolute Gasteiger partial charge is 0.0162 e.